The largest absolute Gasteiger partial charge is 0.397 e. The Bertz CT molecular complexity index is 1190. The highest BCUT2D eigenvalue weighted by Crippen LogP contribution is 2.35. The van der Waals surface area contributed by atoms with Crippen molar-refractivity contribution in [3.05, 3.63) is 76.1 Å². The summed E-state index contributed by atoms with van der Waals surface area (Å²) in [5.41, 5.74) is 8.43. The molecule has 2 aromatic heterocycles. The van der Waals surface area contributed by atoms with Gasteiger partial charge in [-0.2, -0.15) is 0 Å². The number of pyridine rings is 1. The number of carbonyl (C=O) groups excluding carboxylic acids is 1. The molecule has 2 heterocycles. The third-order valence-electron chi connectivity index (χ3n) is 4.36. The van der Waals surface area contributed by atoms with Crippen molar-refractivity contribution >= 4 is 50.4 Å². The zero-order valence-corrected chi connectivity index (χ0v) is 16.4. The molecule has 0 aliphatic heterocycles. The lowest BCUT2D eigenvalue weighted by Crippen LogP contribution is -2.11. The van der Waals surface area contributed by atoms with Crippen LogP contribution in [-0.2, 0) is 0 Å². The first kappa shape index (κ1) is 19.3. The maximum atomic E-state index is 12.7. The van der Waals surface area contributed by atoms with Gasteiger partial charge in [-0.05, 0) is 36.4 Å². The molecule has 0 fully saturated rings. The Hall–Kier alpha value is -3.03. The van der Waals surface area contributed by atoms with Gasteiger partial charge in [0.05, 0.1) is 11.4 Å². The predicted molar refractivity (Wildman–Crippen MR) is 114 cm³/mol. The second-order valence-corrected chi connectivity index (χ2v) is 7.71. The smallest absolute Gasteiger partial charge is 0.267 e. The number of hydrogen-bond acceptors (Lipinski definition) is 4. The second kappa shape index (κ2) is 7.77. The van der Waals surface area contributed by atoms with Crippen LogP contribution in [0.2, 0.25) is 5.02 Å². The van der Waals surface area contributed by atoms with E-state index in [9.17, 15) is 13.6 Å². The molecule has 0 saturated carbocycles. The van der Waals surface area contributed by atoms with Crippen molar-refractivity contribution in [3.63, 3.8) is 0 Å². The zero-order valence-electron chi connectivity index (χ0n) is 14.8. The van der Waals surface area contributed by atoms with E-state index in [1.165, 1.54) is 35.6 Å². The molecule has 29 heavy (non-hydrogen) atoms. The number of nitrogens with one attached hydrogen (secondary N) is 1. The number of nitrogen functional groups attached to an aromatic ring is 1. The number of amides is 1. The van der Waals surface area contributed by atoms with Crippen LogP contribution in [0.5, 0.6) is 0 Å². The van der Waals surface area contributed by atoms with Crippen molar-refractivity contribution in [3.8, 4) is 11.3 Å². The molecular formula is C21H14ClF2N3OS. The van der Waals surface area contributed by atoms with Gasteiger partial charge < -0.3 is 11.1 Å². The predicted octanol–water partition coefficient (Wildman–Crippen LogP) is 6.39. The van der Waals surface area contributed by atoms with Gasteiger partial charge in [0.2, 0.25) is 0 Å². The van der Waals surface area contributed by atoms with Crippen LogP contribution in [0.1, 0.15) is 21.7 Å². The Labute approximate surface area is 174 Å². The Morgan fingerprint density at radius 2 is 1.72 bits per heavy atom. The van der Waals surface area contributed by atoms with Crippen LogP contribution in [-0.4, -0.2) is 10.9 Å². The Balaban J connectivity index is 1.62. The van der Waals surface area contributed by atoms with E-state index < -0.39 is 12.3 Å². The number of carbonyl (C=O) groups is 1. The molecule has 4 rings (SSSR count). The first-order valence-corrected chi connectivity index (χ1v) is 9.76. The Morgan fingerprint density at radius 1 is 1.03 bits per heavy atom. The summed E-state index contributed by atoms with van der Waals surface area (Å²) < 4.78 is 25.3. The number of benzene rings is 2. The number of alkyl halides is 2. The molecule has 0 aliphatic carbocycles. The van der Waals surface area contributed by atoms with Gasteiger partial charge in [0.25, 0.3) is 12.3 Å². The fraction of sp³-hybridized carbons (Fsp3) is 0.0476. The zero-order chi connectivity index (χ0) is 20.5. The van der Waals surface area contributed by atoms with Gasteiger partial charge in [-0.3, -0.25) is 4.79 Å². The third kappa shape index (κ3) is 3.92. The van der Waals surface area contributed by atoms with Crippen molar-refractivity contribution in [1.82, 2.24) is 4.98 Å². The Morgan fingerprint density at radius 3 is 2.38 bits per heavy atom. The number of nitrogens with two attached hydrogens (primary N) is 1. The van der Waals surface area contributed by atoms with Crippen LogP contribution in [0, 0.1) is 0 Å². The van der Waals surface area contributed by atoms with Gasteiger partial charge >= 0.3 is 0 Å². The first-order chi connectivity index (χ1) is 13.9. The van der Waals surface area contributed by atoms with Crippen LogP contribution in [0.4, 0.5) is 20.2 Å². The fourth-order valence-electron chi connectivity index (χ4n) is 2.85. The van der Waals surface area contributed by atoms with Crippen molar-refractivity contribution < 1.29 is 13.6 Å². The maximum Gasteiger partial charge on any atom is 0.267 e. The molecule has 0 bridgehead atoms. The SMILES string of the molecule is Nc1c(C(=O)Nc2ccc(C(F)F)cc2)sc2nc(-c3ccc(Cl)cc3)ccc12. The molecule has 1 amide bonds. The quantitative estimate of drug-likeness (QED) is 0.395. The molecule has 0 saturated heterocycles. The van der Waals surface area contributed by atoms with Gasteiger partial charge in [0, 0.05) is 27.2 Å². The van der Waals surface area contributed by atoms with Gasteiger partial charge in [-0.25, -0.2) is 13.8 Å². The molecule has 0 spiro atoms. The van der Waals surface area contributed by atoms with E-state index in [2.05, 4.69) is 10.3 Å². The van der Waals surface area contributed by atoms with Crippen molar-refractivity contribution in [1.29, 1.82) is 0 Å². The molecule has 4 aromatic rings. The van der Waals surface area contributed by atoms with Crippen molar-refractivity contribution in [2.45, 2.75) is 6.43 Å². The van der Waals surface area contributed by atoms with E-state index in [4.69, 9.17) is 17.3 Å². The summed E-state index contributed by atoms with van der Waals surface area (Å²) in [7, 11) is 0. The standard InChI is InChI=1S/C21H14ClF2N3OS/c22-13-5-1-11(2-6-13)16-10-9-15-17(25)18(29-21(15)27-16)20(28)26-14-7-3-12(4-8-14)19(23)24/h1-10,19H,25H2,(H,26,28). The van der Waals surface area contributed by atoms with Crippen LogP contribution >= 0.6 is 22.9 Å². The fourth-order valence-corrected chi connectivity index (χ4v) is 3.96. The van der Waals surface area contributed by atoms with Crippen LogP contribution < -0.4 is 11.1 Å². The molecule has 0 unspecified atom stereocenters. The number of halogens is 3. The molecule has 8 heteroatoms. The summed E-state index contributed by atoms with van der Waals surface area (Å²) in [6, 6.07) is 16.4. The average molecular weight is 430 g/mol. The molecule has 4 nitrogen and oxygen atoms in total. The van der Waals surface area contributed by atoms with E-state index >= 15 is 0 Å². The molecule has 2 aromatic carbocycles. The number of rotatable bonds is 4. The van der Waals surface area contributed by atoms with Gasteiger partial charge in [-0.15, -0.1) is 11.3 Å². The molecule has 0 radical (unpaired) electrons. The topological polar surface area (TPSA) is 68.0 Å². The average Bonchev–Trinajstić information content (AvgIpc) is 3.05. The summed E-state index contributed by atoms with van der Waals surface area (Å²) in [5.74, 6) is -0.414. The number of anilines is 2. The van der Waals surface area contributed by atoms with Gasteiger partial charge in [0.1, 0.15) is 9.71 Å². The minimum Gasteiger partial charge on any atom is -0.397 e. The number of aromatic nitrogens is 1. The molecule has 0 aliphatic rings. The van der Waals surface area contributed by atoms with Crippen molar-refractivity contribution in [2.24, 2.45) is 0 Å². The van der Waals surface area contributed by atoms with E-state index in [0.29, 0.717) is 31.5 Å². The van der Waals surface area contributed by atoms with Crippen molar-refractivity contribution in [2.75, 3.05) is 11.1 Å². The Kier molecular flexibility index (Phi) is 5.17. The number of fused-ring (bicyclic) bond motifs is 1. The van der Waals surface area contributed by atoms with Gasteiger partial charge in [0.15, 0.2) is 0 Å². The van der Waals surface area contributed by atoms with Crippen LogP contribution in [0.25, 0.3) is 21.5 Å². The van der Waals surface area contributed by atoms with Crippen LogP contribution in [0.3, 0.4) is 0 Å². The third-order valence-corrected chi connectivity index (χ3v) is 5.73. The lowest BCUT2D eigenvalue weighted by atomic mass is 10.1. The summed E-state index contributed by atoms with van der Waals surface area (Å²) >= 11 is 7.10. The number of hydrogen-bond donors (Lipinski definition) is 2. The van der Waals surface area contributed by atoms with E-state index in [1.54, 1.807) is 12.1 Å². The number of nitrogens with zero attached hydrogens (tertiary/aromatic N) is 1. The number of thiophene rings is 1. The molecule has 0 atom stereocenters. The minimum atomic E-state index is -2.56. The normalized spacial score (nSPS) is 11.2. The molecule has 146 valence electrons. The lowest BCUT2D eigenvalue weighted by molar-refractivity contribution is 0.103. The highest BCUT2D eigenvalue weighted by Gasteiger charge is 2.18. The second-order valence-electron chi connectivity index (χ2n) is 6.28. The highest BCUT2D eigenvalue weighted by atomic mass is 35.5. The summed E-state index contributed by atoms with van der Waals surface area (Å²) in [6.07, 6.45) is -2.56. The summed E-state index contributed by atoms with van der Waals surface area (Å²) in [5, 5.41) is 4.00. The minimum absolute atomic E-state index is 0.108. The van der Waals surface area contributed by atoms with Gasteiger partial charge in [-0.1, -0.05) is 35.9 Å². The lowest BCUT2D eigenvalue weighted by Gasteiger charge is -2.05. The van der Waals surface area contributed by atoms with Crippen LogP contribution in [0.15, 0.2) is 60.7 Å². The molecular weight excluding hydrogens is 416 g/mol. The molecule has 3 N–H and O–H groups in total. The monoisotopic (exact) mass is 429 g/mol. The highest BCUT2D eigenvalue weighted by molar-refractivity contribution is 7.21. The summed E-state index contributed by atoms with van der Waals surface area (Å²) in [6.45, 7) is 0. The first-order valence-electron chi connectivity index (χ1n) is 8.57. The summed E-state index contributed by atoms with van der Waals surface area (Å²) in [4.78, 5) is 18.2. The van der Waals surface area contributed by atoms with E-state index in [-0.39, 0.29) is 5.56 Å². The van der Waals surface area contributed by atoms with E-state index in [1.807, 2.05) is 24.3 Å². The maximum absolute atomic E-state index is 12.7. The van der Waals surface area contributed by atoms with E-state index in [0.717, 1.165) is 11.3 Å².